The van der Waals surface area contributed by atoms with Crippen LogP contribution >= 0.6 is 0 Å². The lowest BCUT2D eigenvalue weighted by Gasteiger charge is -2.05. The number of nitrogens with one attached hydrogen (secondary N) is 3. The van der Waals surface area contributed by atoms with Crippen LogP contribution < -0.4 is 11.1 Å². The first kappa shape index (κ1) is 10.7. The van der Waals surface area contributed by atoms with Gasteiger partial charge in [0.25, 0.3) is 11.1 Å². The molecule has 3 aromatic rings. The van der Waals surface area contributed by atoms with Gasteiger partial charge in [-0.25, -0.2) is 9.37 Å². The van der Waals surface area contributed by atoms with E-state index in [-0.39, 0.29) is 27.4 Å². The zero-order chi connectivity index (χ0) is 12.9. The number of aromatic nitrogens is 4. The lowest BCUT2D eigenvalue weighted by atomic mass is 10.0. The number of fused-ring (bicyclic) bond motifs is 3. The first-order valence-electron chi connectivity index (χ1n) is 5.43. The molecule has 3 rings (SSSR count). The quantitative estimate of drug-likeness (QED) is 0.594. The molecule has 0 fully saturated rings. The third kappa shape index (κ3) is 1.18. The number of rotatable bonds is 1. The van der Waals surface area contributed by atoms with Crippen molar-refractivity contribution >= 4 is 21.8 Å². The van der Waals surface area contributed by atoms with Gasteiger partial charge in [-0.3, -0.25) is 19.8 Å². The Morgan fingerprint density at radius 3 is 2.56 bits per heavy atom. The largest absolute Gasteiger partial charge is 0.344 e. The molecule has 1 aromatic carbocycles. The number of imidazole rings is 1. The summed E-state index contributed by atoms with van der Waals surface area (Å²) in [6.07, 6.45) is 1.60. The first-order valence-corrected chi connectivity index (χ1v) is 5.43. The number of halogens is 1. The molecule has 0 atom stereocenters. The van der Waals surface area contributed by atoms with Crippen molar-refractivity contribution in [2.24, 2.45) is 0 Å². The molecule has 0 unspecified atom stereocenters. The van der Waals surface area contributed by atoms with Crippen LogP contribution in [0.25, 0.3) is 21.8 Å². The number of nitrogens with zero attached hydrogens (tertiary/aromatic N) is 1. The van der Waals surface area contributed by atoms with Crippen LogP contribution in [-0.2, 0) is 6.42 Å². The Labute approximate surface area is 98.8 Å². The van der Waals surface area contributed by atoms with Gasteiger partial charge in [-0.1, -0.05) is 6.92 Å². The third-order valence-electron chi connectivity index (χ3n) is 3.01. The summed E-state index contributed by atoms with van der Waals surface area (Å²) >= 11 is 0. The molecule has 7 heteroatoms. The van der Waals surface area contributed by atoms with Gasteiger partial charge in [-0.15, -0.1) is 0 Å². The first-order chi connectivity index (χ1) is 8.65. The van der Waals surface area contributed by atoms with Crippen LogP contribution in [0.1, 0.15) is 12.5 Å². The molecule has 0 aliphatic carbocycles. The van der Waals surface area contributed by atoms with E-state index < -0.39 is 16.9 Å². The second kappa shape index (κ2) is 3.52. The fourth-order valence-corrected chi connectivity index (χ4v) is 2.23. The van der Waals surface area contributed by atoms with E-state index in [9.17, 15) is 14.0 Å². The molecule has 0 aliphatic rings. The van der Waals surface area contributed by atoms with Gasteiger partial charge < -0.3 is 4.98 Å². The summed E-state index contributed by atoms with van der Waals surface area (Å²) in [5.41, 5.74) is -0.468. The van der Waals surface area contributed by atoms with E-state index in [1.807, 2.05) is 0 Å². The van der Waals surface area contributed by atoms with E-state index in [4.69, 9.17) is 0 Å². The summed E-state index contributed by atoms with van der Waals surface area (Å²) in [6.45, 7) is 1.72. The van der Waals surface area contributed by atoms with Crippen molar-refractivity contribution in [2.45, 2.75) is 13.3 Å². The smallest absolute Gasteiger partial charge is 0.272 e. The molecule has 0 aliphatic heterocycles. The minimum atomic E-state index is -0.558. The highest BCUT2D eigenvalue weighted by atomic mass is 19.1. The lowest BCUT2D eigenvalue weighted by Crippen LogP contribution is -2.21. The maximum Gasteiger partial charge on any atom is 0.272 e. The van der Waals surface area contributed by atoms with Crippen molar-refractivity contribution in [1.29, 1.82) is 0 Å². The fraction of sp³-hybridized carbons (Fsp3) is 0.182. The summed E-state index contributed by atoms with van der Waals surface area (Å²) < 4.78 is 14.2. The molecule has 0 spiro atoms. The second-order valence-electron chi connectivity index (χ2n) is 3.93. The van der Waals surface area contributed by atoms with E-state index in [0.717, 1.165) is 0 Å². The Balaban J connectivity index is 2.81. The monoisotopic (exact) mass is 248 g/mol. The van der Waals surface area contributed by atoms with E-state index in [2.05, 4.69) is 20.2 Å². The average Bonchev–Trinajstić information content (AvgIpc) is 2.83. The van der Waals surface area contributed by atoms with Crippen LogP contribution in [0.5, 0.6) is 0 Å². The third-order valence-corrected chi connectivity index (χ3v) is 3.01. The summed E-state index contributed by atoms with van der Waals surface area (Å²) in [6, 6.07) is 0. The van der Waals surface area contributed by atoms with Crippen molar-refractivity contribution < 1.29 is 4.39 Å². The topological polar surface area (TPSA) is 94.4 Å². The van der Waals surface area contributed by atoms with Crippen LogP contribution in [0.15, 0.2) is 15.9 Å². The standard InChI is InChI=1S/C11H9FN4O2/c1-2-4-5-6(11(18)16-15-10(5)17)8-9(7(4)12)14-3-13-8/h3H,2H2,1H3,(H,13,14)(H,15,17)(H,16,18). The highest BCUT2D eigenvalue weighted by Gasteiger charge is 2.19. The number of hydrogen-bond acceptors (Lipinski definition) is 3. The molecule has 0 radical (unpaired) electrons. The molecule has 6 nitrogen and oxygen atoms in total. The van der Waals surface area contributed by atoms with Crippen LogP contribution in [0, 0.1) is 5.82 Å². The number of benzene rings is 1. The Kier molecular flexibility index (Phi) is 2.09. The highest BCUT2D eigenvalue weighted by Crippen LogP contribution is 2.25. The van der Waals surface area contributed by atoms with Gasteiger partial charge in [0, 0.05) is 5.56 Å². The molecular formula is C11H9FN4O2. The predicted molar refractivity (Wildman–Crippen MR) is 64.2 cm³/mol. The zero-order valence-electron chi connectivity index (χ0n) is 9.43. The molecule has 0 saturated carbocycles. The number of aryl methyl sites for hydroxylation is 1. The Morgan fingerprint density at radius 2 is 1.89 bits per heavy atom. The highest BCUT2D eigenvalue weighted by molar-refractivity contribution is 6.05. The predicted octanol–water partition coefficient (Wildman–Crippen LogP) is 0.794. The van der Waals surface area contributed by atoms with Crippen LogP contribution in [0.4, 0.5) is 4.39 Å². The van der Waals surface area contributed by atoms with Crippen LogP contribution in [-0.4, -0.2) is 20.2 Å². The van der Waals surface area contributed by atoms with Gasteiger partial charge in [-0.05, 0) is 6.42 Å². The minimum absolute atomic E-state index is 0.0791. The molecule has 18 heavy (non-hydrogen) atoms. The van der Waals surface area contributed by atoms with Crippen molar-refractivity contribution in [2.75, 3.05) is 0 Å². The van der Waals surface area contributed by atoms with Crippen molar-refractivity contribution in [3.63, 3.8) is 0 Å². The van der Waals surface area contributed by atoms with Crippen LogP contribution in [0.3, 0.4) is 0 Å². The van der Waals surface area contributed by atoms with E-state index >= 15 is 0 Å². The van der Waals surface area contributed by atoms with Gasteiger partial charge >= 0.3 is 0 Å². The molecule has 0 amide bonds. The average molecular weight is 248 g/mol. The van der Waals surface area contributed by atoms with E-state index in [0.29, 0.717) is 6.42 Å². The molecule has 2 heterocycles. The molecule has 2 aromatic heterocycles. The summed E-state index contributed by atoms with van der Waals surface area (Å²) in [7, 11) is 0. The minimum Gasteiger partial charge on any atom is -0.344 e. The molecule has 3 N–H and O–H groups in total. The maximum absolute atomic E-state index is 14.2. The molecule has 92 valence electrons. The van der Waals surface area contributed by atoms with Gasteiger partial charge in [0.1, 0.15) is 5.52 Å². The molecule has 0 bridgehead atoms. The Bertz CT molecular complexity index is 874. The SMILES string of the molecule is CCc1c(F)c2nc[nH]c2c2c(=O)[nH][nH]c(=O)c12. The van der Waals surface area contributed by atoms with E-state index in [1.54, 1.807) is 6.92 Å². The van der Waals surface area contributed by atoms with Gasteiger partial charge in [0.15, 0.2) is 5.82 Å². The molecular weight excluding hydrogens is 239 g/mol. The Morgan fingerprint density at radius 1 is 1.22 bits per heavy atom. The normalized spacial score (nSPS) is 11.4. The Hall–Kier alpha value is -2.44. The zero-order valence-corrected chi connectivity index (χ0v) is 9.43. The van der Waals surface area contributed by atoms with Gasteiger partial charge in [0.05, 0.1) is 22.6 Å². The second-order valence-corrected chi connectivity index (χ2v) is 3.93. The van der Waals surface area contributed by atoms with Crippen molar-refractivity contribution in [1.82, 2.24) is 20.2 Å². The number of aromatic amines is 3. The van der Waals surface area contributed by atoms with E-state index in [1.165, 1.54) is 6.33 Å². The summed E-state index contributed by atoms with van der Waals surface area (Å²) in [4.78, 5) is 30.2. The fourth-order valence-electron chi connectivity index (χ4n) is 2.23. The van der Waals surface area contributed by atoms with Crippen molar-refractivity contribution in [3.05, 3.63) is 38.4 Å². The summed E-state index contributed by atoms with van der Waals surface area (Å²) in [5, 5.41) is 4.66. The maximum atomic E-state index is 14.2. The summed E-state index contributed by atoms with van der Waals surface area (Å²) in [5.74, 6) is -0.558. The lowest BCUT2D eigenvalue weighted by molar-refractivity contribution is 0.624. The van der Waals surface area contributed by atoms with Crippen LogP contribution in [0.2, 0.25) is 0 Å². The van der Waals surface area contributed by atoms with Gasteiger partial charge in [-0.2, -0.15) is 0 Å². The van der Waals surface area contributed by atoms with Crippen molar-refractivity contribution in [3.8, 4) is 0 Å². The number of hydrogen-bond donors (Lipinski definition) is 3. The van der Waals surface area contributed by atoms with Gasteiger partial charge in [0.2, 0.25) is 0 Å². The number of H-pyrrole nitrogens is 3. The molecule has 0 saturated heterocycles.